The molecule has 3 N–H and O–H groups in total. The Morgan fingerprint density at radius 3 is 1.47 bits per heavy atom. The number of phosphoric ester groups is 1. The van der Waals surface area contributed by atoms with Crippen LogP contribution in [0.15, 0.2) is 60.8 Å². The molecular formula is C51H96N2O6P+. The van der Waals surface area contributed by atoms with Crippen molar-refractivity contribution in [3.8, 4) is 0 Å². The average Bonchev–Trinajstić information content (AvgIpc) is 3.20. The Balaban J connectivity index is 4.36. The molecule has 0 heterocycles. The number of allylic oxidation sites excluding steroid dienone is 9. The van der Waals surface area contributed by atoms with Crippen molar-refractivity contribution in [2.24, 2.45) is 0 Å². The van der Waals surface area contributed by atoms with Crippen LogP contribution in [-0.4, -0.2) is 73.4 Å². The number of carbonyl (C=O) groups is 1. The number of carbonyl (C=O) groups excluding carboxylic acids is 1. The van der Waals surface area contributed by atoms with Crippen LogP contribution in [0.1, 0.15) is 206 Å². The van der Waals surface area contributed by atoms with Gasteiger partial charge in [0, 0.05) is 6.42 Å². The fourth-order valence-electron chi connectivity index (χ4n) is 6.86. The molecule has 3 atom stereocenters. The van der Waals surface area contributed by atoms with Crippen LogP contribution in [0.2, 0.25) is 0 Å². The Morgan fingerprint density at radius 2 is 1.00 bits per heavy atom. The van der Waals surface area contributed by atoms with Crippen LogP contribution < -0.4 is 5.32 Å². The van der Waals surface area contributed by atoms with E-state index in [1.54, 1.807) is 6.08 Å². The lowest BCUT2D eigenvalue weighted by Crippen LogP contribution is -2.45. The monoisotopic (exact) mass is 864 g/mol. The number of aliphatic hydroxyl groups is 1. The fourth-order valence-corrected chi connectivity index (χ4v) is 7.59. The van der Waals surface area contributed by atoms with Crippen LogP contribution >= 0.6 is 7.82 Å². The van der Waals surface area contributed by atoms with Gasteiger partial charge in [-0.2, -0.15) is 0 Å². The Morgan fingerprint density at radius 1 is 0.583 bits per heavy atom. The zero-order chi connectivity index (χ0) is 44.3. The van der Waals surface area contributed by atoms with E-state index in [1.807, 2.05) is 27.2 Å². The van der Waals surface area contributed by atoms with E-state index in [-0.39, 0.29) is 19.1 Å². The Hall–Kier alpha value is -1.80. The number of aliphatic hydroxyl groups excluding tert-OH is 1. The number of likely N-dealkylation sites (N-methyl/N-ethyl adjacent to an activating group) is 1. The third-order valence-electron chi connectivity index (χ3n) is 10.7. The second-order valence-corrected chi connectivity index (χ2v) is 19.3. The first-order valence-corrected chi connectivity index (χ1v) is 26.2. The first-order valence-electron chi connectivity index (χ1n) is 24.7. The molecule has 0 aliphatic rings. The summed E-state index contributed by atoms with van der Waals surface area (Å²) in [5, 5.41) is 13.8. The third-order valence-corrected chi connectivity index (χ3v) is 11.7. The Kier molecular flexibility index (Phi) is 41.2. The van der Waals surface area contributed by atoms with Crippen molar-refractivity contribution in [1.82, 2.24) is 5.32 Å². The maximum Gasteiger partial charge on any atom is 0.472 e. The number of hydrogen-bond acceptors (Lipinski definition) is 5. The Labute approximate surface area is 371 Å². The highest BCUT2D eigenvalue weighted by Gasteiger charge is 2.27. The number of rotatable bonds is 44. The summed E-state index contributed by atoms with van der Waals surface area (Å²) in [6.07, 6.45) is 56.0. The van der Waals surface area contributed by atoms with Crippen molar-refractivity contribution in [3.63, 3.8) is 0 Å². The molecule has 1 amide bonds. The number of hydrogen-bond donors (Lipinski definition) is 3. The van der Waals surface area contributed by atoms with E-state index < -0.39 is 20.0 Å². The van der Waals surface area contributed by atoms with Gasteiger partial charge in [0.15, 0.2) is 0 Å². The number of unbranched alkanes of at least 4 members (excludes halogenated alkanes) is 23. The van der Waals surface area contributed by atoms with E-state index in [0.717, 1.165) is 57.8 Å². The minimum Gasteiger partial charge on any atom is -0.387 e. The van der Waals surface area contributed by atoms with Gasteiger partial charge in [0.05, 0.1) is 39.9 Å². The van der Waals surface area contributed by atoms with Gasteiger partial charge in [0.2, 0.25) is 5.91 Å². The number of phosphoric acid groups is 1. The molecule has 0 spiro atoms. The minimum atomic E-state index is -4.35. The zero-order valence-electron chi connectivity index (χ0n) is 39.7. The maximum absolute atomic E-state index is 12.9. The molecule has 0 saturated carbocycles. The lowest BCUT2D eigenvalue weighted by atomic mass is 10.0. The van der Waals surface area contributed by atoms with Crippen LogP contribution in [-0.2, 0) is 18.4 Å². The highest BCUT2D eigenvalue weighted by atomic mass is 31.2. The topological polar surface area (TPSA) is 105 Å². The van der Waals surface area contributed by atoms with E-state index in [9.17, 15) is 19.4 Å². The van der Waals surface area contributed by atoms with E-state index in [2.05, 4.69) is 67.8 Å². The summed E-state index contributed by atoms with van der Waals surface area (Å²) in [5.74, 6) is -0.218. The van der Waals surface area contributed by atoms with E-state index in [0.29, 0.717) is 23.9 Å². The largest absolute Gasteiger partial charge is 0.472 e. The number of nitrogens with zero attached hydrogens (tertiary/aromatic N) is 1. The molecule has 9 heteroatoms. The molecule has 60 heavy (non-hydrogen) atoms. The van der Waals surface area contributed by atoms with Gasteiger partial charge < -0.3 is 19.8 Å². The first kappa shape index (κ1) is 58.2. The molecule has 0 bridgehead atoms. The molecule has 0 saturated heterocycles. The highest BCUT2D eigenvalue weighted by molar-refractivity contribution is 7.47. The van der Waals surface area contributed by atoms with Gasteiger partial charge in [-0.15, -0.1) is 0 Å². The number of quaternary nitrogens is 1. The Bertz CT molecular complexity index is 1160. The van der Waals surface area contributed by atoms with Gasteiger partial charge in [0.25, 0.3) is 0 Å². The summed E-state index contributed by atoms with van der Waals surface area (Å²) >= 11 is 0. The van der Waals surface area contributed by atoms with E-state index >= 15 is 0 Å². The lowest BCUT2D eigenvalue weighted by molar-refractivity contribution is -0.870. The van der Waals surface area contributed by atoms with Crippen LogP contribution in [0.25, 0.3) is 0 Å². The van der Waals surface area contributed by atoms with Gasteiger partial charge >= 0.3 is 7.82 Å². The van der Waals surface area contributed by atoms with Crippen molar-refractivity contribution in [3.05, 3.63) is 60.8 Å². The van der Waals surface area contributed by atoms with Crippen LogP contribution in [0.4, 0.5) is 0 Å². The average molecular weight is 864 g/mol. The van der Waals surface area contributed by atoms with Crippen LogP contribution in [0.5, 0.6) is 0 Å². The molecule has 0 rings (SSSR count). The highest BCUT2D eigenvalue weighted by Crippen LogP contribution is 2.43. The summed E-state index contributed by atoms with van der Waals surface area (Å²) in [6.45, 7) is 4.67. The predicted octanol–water partition coefficient (Wildman–Crippen LogP) is 14.2. The fraction of sp³-hybridized carbons (Fsp3) is 0.784. The summed E-state index contributed by atoms with van der Waals surface area (Å²) < 4.78 is 23.6. The van der Waals surface area contributed by atoms with Crippen LogP contribution in [0.3, 0.4) is 0 Å². The van der Waals surface area contributed by atoms with E-state index in [1.165, 1.54) is 122 Å². The number of amides is 1. The predicted molar refractivity (Wildman–Crippen MR) is 258 cm³/mol. The number of nitrogens with one attached hydrogen (secondary N) is 1. The van der Waals surface area contributed by atoms with Gasteiger partial charge in [-0.1, -0.05) is 203 Å². The smallest absolute Gasteiger partial charge is 0.387 e. The standard InChI is InChI=1S/C51H95N2O6P/c1-6-8-10-12-14-16-18-20-22-23-24-25-26-27-28-29-31-32-34-36-38-40-42-44-50(54)49(48-59-60(56,57)58-47-46-53(3,4)5)52-51(55)45-43-41-39-37-35-33-30-21-19-17-15-13-11-9-7-2/h9,11,15,17,21,30,35,37,42,44,49-50,54H,6-8,10,12-14,16,18-20,22-29,31-34,36,38-41,43,45-48H2,1-5H3,(H-,52,55,56,57)/p+1/b11-9-,17-15-,30-21-,37-35-,44-42+. The van der Waals surface area contributed by atoms with Crippen molar-refractivity contribution < 1.29 is 32.9 Å². The molecule has 0 aromatic rings. The van der Waals surface area contributed by atoms with Gasteiger partial charge in [0.1, 0.15) is 13.2 Å². The van der Waals surface area contributed by atoms with Gasteiger partial charge in [-0.3, -0.25) is 13.8 Å². The zero-order valence-corrected chi connectivity index (χ0v) is 40.6. The normalized spacial score (nSPS) is 14.7. The second kappa shape index (κ2) is 42.5. The second-order valence-electron chi connectivity index (χ2n) is 17.8. The molecule has 8 nitrogen and oxygen atoms in total. The van der Waals surface area contributed by atoms with Crippen LogP contribution in [0, 0.1) is 0 Å². The van der Waals surface area contributed by atoms with Crippen molar-refractivity contribution in [2.45, 2.75) is 219 Å². The third kappa shape index (κ3) is 44.3. The van der Waals surface area contributed by atoms with Crippen molar-refractivity contribution in [2.75, 3.05) is 40.9 Å². The summed E-state index contributed by atoms with van der Waals surface area (Å²) in [4.78, 5) is 23.1. The summed E-state index contributed by atoms with van der Waals surface area (Å²) in [6, 6.07) is -0.870. The van der Waals surface area contributed by atoms with Gasteiger partial charge in [-0.25, -0.2) is 4.57 Å². The molecule has 0 aliphatic carbocycles. The molecule has 3 unspecified atom stereocenters. The van der Waals surface area contributed by atoms with E-state index in [4.69, 9.17) is 9.05 Å². The summed E-state index contributed by atoms with van der Waals surface area (Å²) in [7, 11) is 1.54. The molecule has 0 fully saturated rings. The molecule has 0 aromatic heterocycles. The van der Waals surface area contributed by atoms with Crippen molar-refractivity contribution >= 4 is 13.7 Å². The molecule has 0 radical (unpaired) electrons. The quantitative estimate of drug-likeness (QED) is 0.0244. The molecule has 0 aliphatic heterocycles. The SMILES string of the molecule is CC/C=C\C/C=C\C/C=C\C/C=C\CCCCC(=O)NC(COP(=O)(O)OCC[N+](C)(C)C)C(O)/C=C/CCCCCCCCCCCCCCCCCCCCCCC. The summed E-state index contributed by atoms with van der Waals surface area (Å²) in [5.41, 5.74) is 0. The molecular weight excluding hydrogens is 768 g/mol. The molecule has 0 aromatic carbocycles. The van der Waals surface area contributed by atoms with Gasteiger partial charge in [-0.05, 0) is 57.8 Å². The van der Waals surface area contributed by atoms with Crippen molar-refractivity contribution in [1.29, 1.82) is 0 Å². The minimum absolute atomic E-state index is 0.0511. The molecule has 350 valence electrons. The lowest BCUT2D eigenvalue weighted by Gasteiger charge is -2.25. The first-order chi connectivity index (χ1) is 29.0. The maximum atomic E-state index is 12.9.